The molecule has 9 heteroatoms. The summed E-state index contributed by atoms with van der Waals surface area (Å²) >= 11 is 0. The van der Waals surface area contributed by atoms with Crippen LogP contribution in [0.3, 0.4) is 0 Å². The highest BCUT2D eigenvalue weighted by atomic mass is 19.1. The average Bonchev–Trinajstić information content (AvgIpc) is 2.67. The predicted molar refractivity (Wildman–Crippen MR) is 118 cm³/mol. The van der Waals surface area contributed by atoms with E-state index in [-0.39, 0.29) is 17.2 Å². The highest BCUT2D eigenvalue weighted by Gasteiger charge is 2.19. The Kier molecular flexibility index (Phi) is 6.20. The van der Waals surface area contributed by atoms with E-state index in [0.29, 0.717) is 22.9 Å². The van der Waals surface area contributed by atoms with Crippen molar-refractivity contribution >= 4 is 17.5 Å². The number of nitrogens with two attached hydrogens (primary N) is 1. The van der Waals surface area contributed by atoms with Crippen LogP contribution in [-0.4, -0.2) is 16.3 Å². The van der Waals surface area contributed by atoms with Crippen LogP contribution >= 0.6 is 0 Å². The quantitative estimate of drug-likeness (QED) is 0.550. The van der Waals surface area contributed by atoms with Crippen molar-refractivity contribution in [3.63, 3.8) is 0 Å². The molecule has 2 aromatic carbocycles. The van der Waals surface area contributed by atoms with Gasteiger partial charge in [-0.3, -0.25) is 10.1 Å². The first-order valence-corrected chi connectivity index (χ1v) is 9.66. The van der Waals surface area contributed by atoms with Gasteiger partial charge in [-0.25, -0.2) is 13.6 Å². The lowest BCUT2D eigenvalue weighted by Gasteiger charge is -2.20. The lowest BCUT2D eigenvalue weighted by Crippen LogP contribution is -2.30. The van der Waals surface area contributed by atoms with Gasteiger partial charge in [-0.2, -0.15) is 0 Å². The summed E-state index contributed by atoms with van der Waals surface area (Å²) in [6.07, 6.45) is 0.731. The molecule has 0 saturated heterocycles. The van der Waals surface area contributed by atoms with Crippen molar-refractivity contribution < 1.29 is 23.0 Å². The molecule has 32 heavy (non-hydrogen) atoms. The van der Waals surface area contributed by atoms with Gasteiger partial charge in [0.15, 0.2) is 11.6 Å². The largest absolute Gasteiger partial charge is 0.454 e. The third-order valence-electron chi connectivity index (χ3n) is 4.25. The van der Waals surface area contributed by atoms with E-state index in [1.165, 1.54) is 36.0 Å². The van der Waals surface area contributed by atoms with Crippen LogP contribution in [0, 0.1) is 11.6 Å². The van der Waals surface area contributed by atoms with Gasteiger partial charge >= 0.3 is 6.09 Å². The number of nitrogens with zero attached hydrogens (tertiary/aromatic N) is 1. The monoisotopic (exact) mass is 443 g/mol. The highest BCUT2D eigenvalue weighted by Crippen LogP contribution is 2.36. The molecule has 3 N–H and O–H groups in total. The van der Waals surface area contributed by atoms with E-state index in [0.717, 1.165) is 6.07 Å². The van der Waals surface area contributed by atoms with Crippen molar-refractivity contribution in [1.29, 1.82) is 0 Å². The number of nitrogens with one attached hydrogen (secondary N) is 1. The molecule has 0 radical (unpaired) electrons. The Balaban J connectivity index is 2.04. The van der Waals surface area contributed by atoms with E-state index < -0.39 is 28.9 Å². The summed E-state index contributed by atoms with van der Waals surface area (Å²) in [5.41, 5.74) is 5.97. The van der Waals surface area contributed by atoms with Crippen molar-refractivity contribution in [1.82, 2.24) is 4.57 Å². The normalized spacial score (nSPS) is 11.2. The van der Waals surface area contributed by atoms with Gasteiger partial charge in [0, 0.05) is 36.1 Å². The summed E-state index contributed by atoms with van der Waals surface area (Å²) in [5, 5.41) is 2.45. The van der Waals surface area contributed by atoms with Crippen LogP contribution in [-0.2, 0) is 11.8 Å². The standard InChI is InChI=1S/C23H23F2N3O4/c1-23(2,3)32-22(30)27-18-9-13(12-28(4)21(18)29)16-11-15(26)6-8-19(16)31-20-7-5-14(24)10-17(20)25/h5-12H,26H2,1-4H3,(H,27,30). The number of anilines is 2. The fraction of sp³-hybridized carbons (Fsp3) is 0.217. The molecule has 0 saturated carbocycles. The Labute approximate surface area is 183 Å². The number of carbonyl (C=O) groups is 1. The summed E-state index contributed by atoms with van der Waals surface area (Å²) in [5.74, 6) is -1.58. The molecular weight excluding hydrogens is 420 g/mol. The van der Waals surface area contributed by atoms with Crippen LogP contribution in [0.1, 0.15) is 20.8 Å². The van der Waals surface area contributed by atoms with Gasteiger partial charge in [-0.15, -0.1) is 0 Å². The van der Waals surface area contributed by atoms with Crippen molar-refractivity contribution in [3.05, 3.63) is 70.6 Å². The van der Waals surface area contributed by atoms with Gasteiger partial charge in [0.2, 0.25) is 0 Å². The number of hydrogen-bond acceptors (Lipinski definition) is 5. The molecule has 0 fully saturated rings. The molecule has 7 nitrogen and oxygen atoms in total. The Morgan fingerprint density at radius 1 is 1.06 bits per heavy atom. The number of pyridine rings is 1. The second kappa shape index (κ2) is 8.70. The highest BCUT2D eigenvalue weighted by molar-refractivity contribution is 5.86. The second-order valence-electron chi connectivity index (χ2n) is 8.12. The molecule has 0 unspecified atom stereocenters. The van der Waals surface area contributed by atoms with Crippen molar-refractivity contribution in [3.8, 4) is 22.6 Å². The van der Waals surface area contributed by atoms with Gasteiger partial charge in [-0.05, 0) is 57.2 Å². The van der Waals surface area contributed by atoms with Gasteiger partial charge in [0.1, 0.15) is 22.9 Å². The van der Waals surface area contributed by atoms with Crippen molar-refractivity contribution in [2.45, 2.75) is 26.4 Å². The molecule has 0 bridgehead atoms. The predicted octanol–water partition coefficient (Wildman–Crippen LogP) is 5.05. The molecule has 1 heterocycles. The van der Waals surface area contributed by atoms with Gasteiger partial charge in [0.25, 0.3) is 5.56 Å². The summed E-state index contributed by atoms with van der Waals surface area (Å²) in [6, 6.07) is 9.05. The van der Waals surface area contributed by atoms with E-state index >= 15 is 0 Å². The number of hydrogen-bond donors (Lipinski definition) is 2. The maximum atomic E-state index is 14.1. The third-order valence-corrected chi connectivity index (χ3v) is 4.25. The number of rotatable bonds is 4. The smallest absolute Gasteiger partial charge is 0.412 e. The number of amides is 1. The zero-order valence-corrected chi connectivity index (χ0v) is 18.0. The van der Waals surface area contributed by atoms with Crippen LogP contribution in [0.4, 0.5) is 25.0 Å². The van der Waals surface area contributed by atoms with Crippen LogP contribution in [0.2, 0.25) is 0 Å². The molecule has 3 aromatic rings. The van der Waals surface area contributed by atoms with Crippen molar-refractivity contribution in [2.24, 2.45) is 7.05 Å². The minimum atomic E-state index is -0.875. The van der Waals surface area contributed by atoms with Crippen LogP contribution in [0.25, 0.3) is 11.1 Å². The number of halogens is 2. The fourth-order valence-electron chi connectivity index (χ4n) is 2.90. The van der Waals surface area contributed by atoms with E-state index in [9.17, 15) is 18.4 Å². The summed E-state index contributed by atoms with van der Waals surface area (Å²) in [6.45, 7) is 5.10. The van der Waals surface area contributed by atoms with Crippen LogP contribution in [0.5, 0.6) is 11.5 Å². The van der Waals surface area contributed by atoms with Gasteiger partial charge in [0.05, 0.1) is 0 Å². The molecule has 0 atom stereocenters. The maximum absolute atomic E-state index is 14.1. The summed E-state index contributed by atoms with van der Waals surface area (Å²) in [4.78, 5) is 24.7. The summed E-state index contributed by atoms with van der Waals surface area (Å²) in [7, 11) is 1.51. The number of carbonyl (C=O) groups excluding carboxylic acids is 1. The zero-order valence-electron chi connectivity index (χ0n) is 18.0. The summed E-state index contributed by atoms with van der Waals surface area (Å²) < 4.78 is 39.5. The lowest BCUT2D eigenvalue weighted by molar-refractivity contribution is 0.0635. The average molecular weight is 443 g/mol. The third kappa shape index (κ3) is 5.42. The molecule has 168 valence electrons. The van der Waals surface area contributed by atoms with E-state index in [1.807, 2.05) is 0 Å². The van der Waals surface area contributed by atoms with Crippen LogP contribution in [0.15, 0.2) is 53.5 Å². The first kappa shape index (κ1) is 22.8. The number of benzene rings is 2. The first-order chi connectivity index (χ1) is 14.9. The Hall–Kier alpha value is -3.88. The SMILES string of the molecule is Cn1cc(-c2cc(N)ccc2Oc2ccc(F)cc2F)cc(NC(=O)OC(C)(C)C)c1=O. The molecule has 1 amide bonds. The molecular formula is C23H23F2N3O4. The Morgan fingerprint density at radius 2 is 1.75 bits per heavy atom. The second-order valence-corrected chi connectivity index (χ2v) is 8.12. The van der Waals surface area contributed by atoms with Crippen LogP contribution < -0.4 is 21.3 Å². The minimum absolute atomic E-state index is 0.0272. The molecule has 0 aliphatic carbocycles. The molecule has 0 aliphatic rings. The Morgan fingerprint density at radius 3 is 2.41 bits per heavy atom. The minimum Gasteiger partial charge on any atom is -0.454 e. The molecule has 0 spiro atoms. The van der Waals surface area contributed by atoms with Gasteiger partial charge < -0.3 is 19.8 Å². The number of ether oxygens (including phenoxy) is 2. The first-order valence-electron chi connectivity index (χ1n) is 9.66. The van der Waals surface area contributed by atoms with E-state index in [1.54, 1.807) is 32.9 Å². The number of aryl methyl sites for hydroxylation is 1. The maximum Gasteiger partial charge on any atom is 0.412 e. The zero-order chi connectivity index (χ0) is 23.6. The Bertz CT molecular complexity index is 1230. The molecule has 0 aliphatic heterocycles. The van der Waals surface area contributed by atoms with E-state index in [2.05, 4.69) is 5.32 Å². The van der Waals surface area contributed by atoms with Crippen molar-refractivity contribution in [2.75, 3.05) is 11.1 Å². The molecule has 3 rings (SSSR count). The topological polar surface area (TPSA) is 95.6 Å². The lowest BCUT2D eigenvalue weighted by atomic mass is 10.0. The van der Waals surface area contributed by atoms with E-state index in [4.69, 9.17) is 15.2 Å². The number of nitrogen functional groups attached to an aromatic ring is 1. The molecule has 1 aromatic heterocycles. The van der Waals surface area contributed by atoms with Gasteiger partial charge in [-0.1, -0.05) is 0 Å². The fourth-order valence-corrected chi connectivity index (χ4v) is 2.90. The number of aromatic nitrogens is 1.